The van der Waals surface area contributed by atoms with Gasteiger partial charge in [0.15, 0.2) is 5.82 Å². The van der Waals surface area contributed by atoms with Crippen molar-refractivity contribution in [3.63, 3.8) is 0 Å². The molecule has 2 heterocycles. The standard InChI is InChI=1S/C26H27BrN4O5S/c1-18-19(2)30-36-26(18)31(17-35-14-13-34-3)37(32,33)24-8-5-4-7-23(24)22-10-9-20(15-21(22)16-27)25-28-11-6-12-29-25/h4-12,15H,13-14,16-17H2,1-3H3. The van der Waals surface area contributed by atoms with E-state index in [4.69, 9.17) is 14.0 Å². The number of methoxy groups -OCH3 is 1. The summed E-state index contributed by atoms with van der Waals surface area (Å²) in [7, 11) is -2.57. The normalized spacial score (nSPS) is 11.6. The summed E-state index contributed by atoms with van der Waals surface area (Å²) in [5, 5.41) is 4.46. The van der Waals surface area contributed by atoms with E-state index in [0.717, 1.165) is 21.0 Å². The first kappa shape index (κ1) is 26.9. The minimum atomic E-state index is -4.12. The molecule has 0 radical (unpaired) electrons. The van der Waals surface area contributed by atoms with Crippen LogP contribution in [0.4, 0.5) is 5.88 Å². The van der Waals surface area contributed by atoms with Crippen LogP contribution in [-0.2, 0) is 24.8 Å². The zero-order valence-corrected chi connectivity index (χ0v) is 23.1. The lowest BCUT2D eigenvalue weighted by atomic mass is 9.98. The lowest BCUT2D eigenvalue weighted by Gasteiger charge is -2.24. The lowest BCUT2D eigenvalue weighted by molar-refractivity contribution is 0.0744. The van der Waals surface area contributed by atoms with E-state index in [1.54, 1.807) is 57.6 Å². The molecule has 2 aromatic heterocycles. The quantitative estimate of drug-likeness (QED) is 0.135. The third-order valence-corrected chi connectivity index (χ3v) is 8.19. The van der Waals surface area contributed by atoms with Gasteiger partial charge in [0.2, 0.25) is 5.88 Å². The van der Waals surface area contributed by atoms with Gasteiger partial charge < -0.3 is 14.0 Å². The van der Waals surface area contributed by atoms with Crippen LogP contribution < -0.4 is 4.31 Å². The van der Waals surface area contributed by atoms with Gasteiger partial charge in [-0.05, 0) is 43.2 Å². The van der Waals surface area contributed by atoms with Gasteiger partial charge in [0, 0.05) is 41.5 Å². The molecule has 0 aliphatic heterocycles. The van der Waals surface area contributed by atoms with E-state index >= 15 is 0 Å². The van der Waals surface area contributed by atoms with Crippen LogP contribution in [0.1, 0.15) is 16.8 Å². The Morgan fingerprint density at radius 2 is 1.76 bits per heavy atom. The molecule has 0 saturated heterocycles. The van der Waals surface area contributed by atoms with E-state index in [9.17, 15) is 8.42 Å². The maximum absolute atomic E-state index is 14.1. The first-order valence-electron chi connectivity index (χ1n) is 11.5. The molecule has 11 heteroatoms. The fourth-order valence-corrected chi connectivity index (χ4v) is 5.76. The molecule has 0 aliphatic rings. The summed E-state index contributed by atoms with van der Waals surface area (Å²) < 4.78 is 45.5. The van der Waals surface area contributed by atoms with E-state index in [0.29, 0.717) is 34.6 Å². The zero-order chi connectivity index (χ0) is 26.4. The van der Waals surface area contributed by atoms with E-state index < -0.39 is 10.0 Å². The first-order valence-corrected chi connectivity index (χ1v) is 14.0. The van der Waals surface area contributed by atoms with Crippen LogP contribution in [0.25, 0.3) is 22.5 Å². The van der Waals surface area contributed by atoms with Crippen LogP contribution in [0.15, 0.2) is 70.3 Å². The maximum atomic E-state index is 14.1. The summed E-state index contributed by atoms with van der Waals surface area (Å²) in [6.45, 7) is 3.80. The number of anilines is 1. The average Bonchev–Trinajstić information content (AvgIpc) is 3.26. The molecule has 37 heavy (non-hydrogen) atoms. The highest BCUT2D eigenvalue weighted by molar-refractivity contribution is 9.08. The summed E-state index contributed by atoms with van der Waals surface area (Å²) in [4.78, 5) is 8.76. The van der Waals surface area contributed by atoms with Crippen LogP contribution in [0.3, 0.4) is 0 Å². The van der Waals surface area contributed by atoms with Crippen molar-refractivity contribution in [1.82, 2.24) is 15.1 Å². The van der Waals surface area contributed by atoms with Gasteiger partial charge >= 0.3 is 0 Å². The second kappa shape index (κ2) is 12.0. The number of hydrogen-bond acceptors (Lipinski definition) is 8. The van der Waals surface area contributed by atoms with E-state index in [-0.39, 0.29) is 24.1 Å². The Hall–Kier alpha value is -3.12. The van der Waals surface area contributed by atoms with Crippen molar-refractivity contribution in [2.24, 2.45) is 0 Å². The predicted octanol–water partition coefficient (Wildman–Crippen LogP) is 5.13. The van der Waals surface area contributed by atoms with Crippen LogP contribution in [0.2, 0.25) is 0 Å². The number of benzene rings is 2. The molecule has 0 atom stereocenters. The van der Waals surface area contributed by atoms with Crippen LogP contribution in [0.5, 0.6) is 0 Å². The Bertz CT molecular complexity index is 1460. The smallest absolute Gasteiger partial charge is 0.269 e. The Balaban J connectivity index is 1.80. The molecule has 0 spiro atoms. The molecular formula is C26H27BrN4O5S. The number of nitrogens with zero attached hydrogens (tertiary/aromatic N) is 4. The largest absolute Gasteiger partial charge is 0.382 e. The molecule has 4 rings (SSSR count). The molecule has 2 aromatic carbocycles. The maximum Gasteiger partial charge on any atom is 0.269 e. The van der Waals surface area contributed by atoms with Gasteiger partial charge in [0.05, 0.1) is 23.8 Å². The SMILES string of the molecule is COCCOCN(c1onc(C)c1C)S(=O)(=O)c1ccccc1-c1ccc(-c2ncccn2)cc1CBr. The highest BCUT2D eigenvalue weighted by Gasteiger charge is 2.32. The summed E-state index contributed by atoms with van der Waals surface area (Å²) in [6, 6.07) is 14.4. The Morgan fingerprint density at radius 3 is 2.43 bits per heavy atom. The average molecular weight is 587 g/mol. The Kier molecular flexibility index (Phi) is 8.70. The van der Waals surface area contributed by atoms with Crippen molar-refractivity contribution >= 4 is 31.8 Å². The number of sulfonamides is 1. The van der Waals surface area contributed by atoms with Gasteiger partial charge in [-0.25, -0.2) is 22.7 Å². The van der Waals surface area contributed by atoms with Crippen LogP contribution >= 0.6 is 15.9 Å². The van der Waals surface area contributed by atoms with Crippen molar-refractivity contribution < 1.29 is 22.4 Å². The summed E-state index contributed by atoms with van der Waals surface area (Å²) in [5.41, 5.74) is 4.25. The molecule has 0 N–H and O–H groups in total. The van der Waals surface area contributed by atoms with E-state index in [2.05, 4.69) is 31.1 Å². The van der Waals surface area contributed by atoms with Crippen LogP contribution in [-0.4, -0.2) is 50.6 Å². The molecule has 4 aromatic rings. The van der Waals surface area contributed by atoms with Gasteiger partial charge in [-0.1, -0.05) is 51.4 Å². The molecule has 0 aliphatic carbocycles. The summed E-state index contributed by atoms with van der Waals surface area (Å²) in [5.74, 6) is 0.703. The third kappa shape index (κ3) is 5.74. The molecule has 0 fully saturated rings. The molecule has 194 valence electrons. The first-order chi connectivity index (χ1) is 17.9. The van der Waals surface area contributed by atoms with Crippen molar-refractivity contribution in [3.8, 4) is 22.5 Å². The van der Waals surface area contributed by atoms with E-state index in [1.807, 2.05) is 24.3 Å². The second-order valence-electron chi connectivity index (χ2n) is 8.16. The van der Waals surface area contributed by atoms with Crippen LogP contribution in [0, 0.1) is 13.8 Å². The van der Waals surface area contributed by atoms with Gasteiger partial charge in [-0.3, -0.25) is 0 Å². The number of ether oxygens (including phenoxy) is 2. The van der Waals surface area contributed by atoms with Crippen molar-refractivity contribution in [3.05, 3.63) is 77.7 Å². The molecule has 0 saturated carbocycles. The number of alkyl halides is 1. The number of rotatable bonds is 11. The number of aromatic nitrogens is 3. The van der Waals surface area contributed by atoms with Gasteiger partial charge in [0.1, 0.15) is 6.73 Å². The van der Waals surface area contributed by atoms with Crippen molar-refractivity contribution in [2.45, 2.75) is 24.1 Å². The van der Waals surface area contributed by atoms with E-state index in [1.165, 1.54) is 0 Å². The van der Waals surface area contributed by atoms with Gasteiger partial charge in [-0.15, -0.1) is 0 Å². The number of aryl methyl sites for hydroxylation is 1. The van der Waals surface area contributed by atoms with Crippen molar-refractivity contribution in [1.29, 1.82) is 0 Å². The fourth-order valence-electron chi connectivity index (χ4n) is 3.75. The predicted molar refractivity (Wildman–Crippen MR) is 144 cm³/mol. The molecule has 0 bridgehead atoms. The highest BCUT2D eigenvalue weighted by atomic mass is 79.9. The van der Waals surface area contributed by atoms with Crippen molar-refractivity contribution in [2.75, 3.05) is 31.4 Å². The Morgan fingerprint density at radius 1 is 1.00 bits per heavy atom. The fraction of sp³-hybridized carbons (Fsp3) is 0.269. The minimum absolute atomic E-state index is 0.113. The summed E-state index contributed by atoms with van der Waals surface area (Å²) >= 11 is 3.56. The van der Waals surface area contributed by atoms with Gasteiger partial charge in [-0.2, -0.15) is 0 Å². The monoisotopic (exact) mass is 586 g/mol. The van der Waals surface area contributed by atoms with Gasteiger partial charge in [0.25, 0.3) is 10.0 Å². The number of hydrogen-bond donors (Lipinski definition) is 0. The third-order valence-electron chi connectivity index (χ3n) is 5.82. The molecular weight excluding hydrogens is 560 g/mol. The minimum Gasteiger partial charge on any atom is -0.382 e. The second-order valence-corrected chi connectivity index (χ2v) is 10.5. The summed E-state index contributed by atoms with van der Waals surface area (Å²) in [6.07, 6.45) is 3.37. The zero-order valence-electron chi connectivity index (χ0n) is 20.7. The molecule has 9 nitrogen and oxygen atoms in total. The molecule has 0 amide bonds. The highest BCUT2D eigenvalue weighted by Crippen LogP contribution is 2.36. The topological polar surface area (TPSA) is 108 Å². The Labute approximate surface area is 224 Å². The molecule has 0 unspecified atom stereocenters. The lowest BCUT2D eigenvalue weighted by Crippen LogP contribution is -2.34. The number of halogens is 1.